The highest BCUT2D eigenvalue weighted by molar-refractivity contribution is 9.10. The predicted molar refractivity (Wildman–Crippen MR) is 50.8 cm³/mol. The maximum Gasteiger partial charge on any atom is 0.0729 e. The van der Waals surface area contributed by atoms with E-state index in [0.29, 0.717) is 0 Å². The minimum atomic E-state index is 0.107. The van der Waals surface area contributed by atoms with E-state index in [4.69, 9.17) is 5.26 Å². The molecule has 1 aromatic rings. The average Bonchev–Trinajstić information content (AvgIpc) is 2.49. The second kappa shape index (κ2) is 2.91. The molecule has 1 aliphatic carbocycles. The van der Waals surface area contributed by atoms with Crippen LogP contribution in [0.3, 0.4) is 0 Å². The van der Waals surface area contributed by atoms with E-state index in [2.05, 4.69) is 28.1 Å². The van der Waals surface area contributed by atoms with Crippen LogP contribution in [-0.4, -0.2) is 0 Å². The summed E-state index contributed by atoms with van der Waals surface area (Å²) in [6, 6.07) is 8.48. The molecule has 60 valence electrons. The number of hydrogen-bond acceptors (Lipinski definition) is 1. The topological polar surface area (TPSA) is 23.8 Å². The van der Waals surface area contributed by atoms with Gasteiger partial charge in [-0.1, -0.05) is 28.1 Å². The van der Waals surface area contributed by atoms with Crippen LogP contribution in [0.4, 0.5) is 0 Å². The molecule has 0 saturated carbocycles. The first-order valence-electron chi connectivity index (χ1n) is 4.00. The smallest absolute Gasteiger partial charge is 0.0729 e. The van der Waals surface area contributed by atoms with E-state index in [1.807, 2.05) is 12.1 Å². The van der Waals surface area contributed by atoms with Gasteiger partial charge in [-0.25, -0.2) is 0 Å². The summed E-state index contributed by atoms with van der Waals surface area (Å²) in [5, 5.41) is 8.87. The molecule has 1 unspecified atom stereocenters. The van der Waals surface area contributed by atoms with Crippen LogP contribution in [0, 0.1) is 11.3 Å². The number of halogens is 1. The van der Waals surface area contributed by atoms with Crippen molar-refractivity contribution in [2.75, 3.05) is 0 Å². The minimum absolute atomic E-state index is 0.107. The highest BCUT2D eigenvalue weighted by Crippen LogP contribution is 2.37. The molecule has 2 rings (SSSR count). The van der Waals surface area contributed by atoms with Gasteiger partial charge in [-0.05, 0) is 30.0 Å². The lowest BCUT2D eigenvalue weighted by molar-refractivity contribution is 0.824. The quantitative estimate of drug-likeness (QED) is 0.661. The van der Waals surface area contributed by atoms with E-state index in [0.717, 1.165) is 17.3 Å². The number of nitrogens with zero attached hydrogens (tertiary/aromatic N) is 1. The summed E-state index contributed by atoms with van der Waals surface area (Å²) in [5.41, 5.74) is 2.54. The molecule has 0 aromatic heterocycles. The Balaban J connectivity index is 2.57. The zero-order chi connectivity index (χ0) is 8.55. The number of fused-ring (bicyclic) bond motifs is 1. The lowest BCUT2D eigenvalue weighted by atomic mass is 10.0. The number of nitriles is 1. The van der Waals surface area contributed by atoms with E-state index in [-0.39, 0.29) is 5.92 Å². The van der Waals surface area contributed by atoms with Crippen molar-refractivity contribution in [2.24, 2.45) is 0 Å². The summed E-state index contributed by atoms with van der Waals surface area (Å²) in [7, 11) is 0. The monoisotopic (exact) mass is 221 g/mol. The maximum atomic E-state index is 8.87. The van der Waals surface area contributed by atoms with Crippen molar-refractivity contribution >= 4 is 15.9 Å². The number of aryl methyl sites for hydroxylation is 1. The normalized spacial score (nSPS) is 20.2. The molecule has 12 heavy (non-hydrogen) atoms. The van der Waals surface area contributed by atoms with Crippen molar-refractivity contribution in [1.29, 1.82) is 5.26 Å². The number of benzene rings is 1. The van der Waals surface area contributed by atoms with Gasteiger partial charge in [-0.2, -0.15) is 5.26 Å². The molecule has 0 spiro atoms. The van der Waals surface area contributed by atoms with Crippen molar-refractivity contribution in [3.63, 3.8) is 0 Å². The van der Waals surface area contributed by atoms with Gasteiger partial charge in [-0.3, -0.25) is 0 Å². The highest BCUT2D eigenvalue weighted by Gasteiger charge is 2.23. The Bertz CT molecular complexity index is 351. The summed E-state index contributed by atoms with van der Waals surface area (Å²) >= 11 is 3.48. The Morgan fingerprint density at radius 2 is 2.33 bits per heavy atom. The van der Waals surface area contributed by atoms with Gasteiger partial charge in [0.2, 0.25) is 0 Å². The molecular formula is C10H8BrN. The number of rotatable bonds is 0. The molecular weight excluding hydrogens is 214 g/mol. The van der Waals surface area contributed by atoms with Gasteiger partial charge in [0.25, 0.3) is 0 Å². The van der Waals surface area contributed by atoms with Gasteiger partial charge in [0.15, 0.2) is 0 Å². The summed E-state index contributed by atoms with van der Waals surface area (Å²) in [6.07, 6.45) is 2.03. The zero-order valence-electron chi connectivity index (χ0n) is 6.55. The molecule has 1 atom stereocenters. The Labute approximate surface area is 80.1 Å². The van der Waals surface area contributed by atoms with E-state index < -0.39 is 0 Å². The van der Waals surface area contributed by atoms with Crippen LogP contribution in [0.2, 0.25) is 0 Å². The fourth-order valence-corrected chi connectivity index (χ4v) is 2.45. The Kier molecular flexibility index (Phi) is 1.90. The first-order valence-corrected chi connectivity index (χ1v) is 4.79. The summed E-state index contributed by atoms with van der Waals surface area (Å²) in [4.78, 5) is 0. The lowest BCUT2D eigenvalue weighted by Gasteiger charge is -2.03. The fourth-order valence-electron chi connectivity index (χ4n) is 1.76. The second-order valence-electron chi connectivity index (χ2n) is 3.03. The molecule has 0 fully saturated rings. The van der Waals surface area contributed by atoms with Crippen LogP contribution in [0.1, 0.15) is 23.5 Å². The molecule has 0 aliphatic heterocycles. The van der Waals surface area contributed by atoms with Gasteiger partial charge in [0.05, 0.1) is 12.0 Å². The Hall–Kier alpha value is -0.810. The molecule has 1 aliphatic rings. The standard InChI is InChI=1S/C10H8BrN/c11-9-3-1-2-7-4-5-8(6-12)10(7)9/h1-3,8H,4-5H2. The SMILES string of the molecule is N#CC1CCc2cccc(Br)c21. The molecule has 1 aromatic carbocycles. The summed E-state index contributed by atoms with van der Waals surface area (Å²) in [5.74, 6) is 0.107. The van der Waals surface area contributed by atoms with Crippen molar-refractivity contribution < 1.29 is 0 Å². The predicted octanol–water partition coefficient (Wildman–Crippen LogP) is 3.00. The third-order valence-corrected chi connectivity index (χ3v) is 3.04. The van der Waals surface area contributed by atoms with Crippen LogP contribution in [0.25, 0.3) is 0 Å². The lowest BCUT2D eigenvalue weighted by Crippen LogP contribution is -1.89. The number of hydrogen-bond donors (Lipinski definition) is 0. The van der Waals surface area contributed by atoms with Crippen LogP contribution >= 0.6 is 15.9 Å². The first-order chi connectivity index (χ1) is 5.83. The van der Waals surface area contributed by atoms with E-state index in [1.54, 1.807) is 0 Å². The second-order valence-corrected chi connectivity index (χ2v) is 3.89. The van der Waals surface area contributed by atoms with E-state index in [9.17, 15) is 0 Å². The van der Waals surface area contributed by atoms with Crippen LogP contribution in [0.5, 0.6) is 0 Å². The van der Waals surface area contributed by atoms with Crippen molar-refractivity contribution in [1.82, 2.24) is 0 Å². The van der Waals surface area contributed by atoms with Gasteiger partial charge < -0.3 is 0 Å². The molecule has 0 N–H and O–H groups in total. The molecule has 0 saturated heterocycles. The van der Waals surface area contributed by atoms with Gasteiger partial charge in [0, 0.05) is 4.47 Å². The average molecular weight is 222 g/mol. The van der Waals surface area contributed by atoms with Crippen molar-refractivity contribution in [3.05, 3.63) is 33.8 Å². The molecule has 0 amide bonds. The Morgan fingerprint density at radius 3 is 3.08 bits per heavy atom. The van der Waals surface area contributed by atoms with Gasteiger partial charge >= 0.3 is 0 Å². The van der Waals surface area contributed by atoms with Crippen molar-refractivity contribution in [3.8, 4) is 6.07 Å². The van der Waals surface area contributed by atoms with Gasteiger partial charge in [-0.15, -0.1) is 0 Å². The molecule has 1 nitrogen and oxygen atoms in total. The molecule has 2 heteroatoms. The summed E-state index contributed by atoms with van der Waals surface area (Å²) in [6.45, 7) is 0. The van der Waals surface area contributed by atoms with Crippen molar-refractivity contribution in [2.45, 2.75) is 18.8 Å². The molecule has 0 bridgehead atoms. The first kappa shape index (κ1) is 7.82. The largest absolute Gasteiger partial charge is 0.198 e. The third-order valence-electron chi connectivity index (χ3n) is 2.35. The summed E-state index contributed by atoms with van der Waals surface area (Å²) < 4.78 is 1.09. The van der Waals surface area contributed by atoms with E-state index >= 15 is 0 Å². The van der Waals surface area contributed by atoms with Gasteiger partial charge in [0.1, 0.15) is 0 Å². The molecule has 0 radical (unpaired) electrons. The zero-order valence-corrected chi connectivity index (χ0v) is 8.13. The fraction of sp³-hybridized carbons (Fsp3) is 0.300. The highest BCUT2D eigenvalue weighted by atomic mass is 79.9. The maximum absolute atomic E-state index is 8.87. The minimum Gasteiger partial charge on any atom is -0.198 e. The van der Waals surface area contributed by atoms with E-state index in [1.165, 1.54) is 11.1 Å². The Morgan fingerprint density at radius 1 is 1.50 bits per heavy atom. The van der Waals surface area contributed by atoms with Crippen LogP contribution in [-0.2, 0) is 6.42 Å². The molecule has 0 heterocycles. The van der Waals surface area contributed by atoms with Crippen LogP contribution < -0.4 is 0 Å². The van der Waals surface area contributed by atoms with Crippen LogP contribution in [0.15, 0.2) is 22.7 Å². The third kappa shape index (κ3) is 1.05.